The number of hydrogen-bond acceptors (Lipinski definition) is 6. The normalized spacial score (nSPS) is 11.4. The summed E-state index contributed by atoms with van der Waals surface area (Å²) >= 11 is 1.43. The van der Waals surface area contributed by atoms with Gasteiger partial charge in [0, 0.05) is 12.4 Å². The second kappa shape index (κ2) is 6.42. The maximum absolute atomic E-state index is 12.2. The number of ether oxygens (including phenoxy) is 1. The minimum atomic E-state index is -3.56. The zero-order chi connectivity index (χ0) is 15.5. The molecule has 0 saturated carbocycles. The molecule has 2 aromatic rings. The van der Waals surface area contributed by atoms with Gasteiger partial charge in [-0.2, -0.15) is 0 Å². The molecule has 0 bridgehead atoms. The number of hydrogen-bond donors (Lipinski definition) is 2. The standard InChI is InChI=1S/C13H17N3O3S2/c1-9-6-11(4-5-12(9)19-3)21(17,18)15-7-10-8-20-13(14-2)16-10/h4-6,8,15H,7H2,1-3H3,(H,14,16). The third kappa shape index (κ3) is 3.72. The molecule has 1 aromatic heterocycles. The molecule has 1 heterocycles. The molecule has 114 valence electrons. The van der Waals surface area contributed by atoms with E-state index >= 15 is 0 Å². The van der Waals surface area contributed by atoms with Crippen LogP contribution in [0.2, 0.25) is 0 Å². The molecule has 0 aliphatic rings. The zero-order valence-corrected chi connectivity index (χ0v) is 13.6. The Bertz CT molecular complexity index is 726. The fraction of sp³-hybridized carbons (Fsp3) is 0.308. The molecule has 2 N–H and O–H groups in total. The van der Waals surface area contributed by atoms with Gasteiger partial charge in [0.1, 0.15) is 5.75 Å². The molecule has 0 aliphatic carbocycles. The van der Waals surface area contributed by atoms with Crippen molar-refractivity contribution in [2.75, 3.05) is 19.5 Å². The summed E-state index contributed by atoms with van der Waals surface area (Å²) in [7, 11) is -0.242. The van der Waals surface area contributed by atoms with Crippen molar-refractivity contribution in [2.24, 2.45) is 0 Å². The van der Waals surface area contributed by atoms with Crippen LogP contribution >= 0.6 is 11.3 Å². The van der Waals surface area contributed by atoms with Gasteiger partial charge < -0.3 is 10.1 Å². The molecule has 0 saturated heterocycles. The summed E-state index contributed by atoms with van der Waals surface area (Å²) in [6.45, 7) is 1.96. The van der Waals surface area contributed by atoms with Crippen LogP contribution in [-0.2, 0) is 16.6 Å². The van der Waals surface area contributed by atoms with Crippen molar-refractivity contribution in [3.05, 3.63) is 34.8 Å². The van der Waals surface area contributed by atoms with Gasteiger partial charge in [-0.15, -0.1) is 11.3 Å². The van der Waals surface area contributed by atoms with E-state index in [4.69, 9.17) is 4.74 Å². The molecule has 0 radical (unpaired) electrons. The van der Waals surface area contributed by atoms with E-state index in [-0.39, 0.29) is 11.4 Å². The number of thiazole rings is 1. The Morgan fingerprint density at radius 1 is 1.38 bits per heavy atom. The van der Waals surface area contributed by atoms with E-state index in [1.165, 1.54) is 17.4 Å². The highest BCUT2D eigenvalue weighted by molar-refractivity contribution is 7.89. The minimum Gasteiger partial charge on any atom is -0.496 e. The van der Waals surface area contributed by atoms with Gasteiger partial charge >= 0.3 is 0 Å². The van der Waals surface area contributed by atoms with Crippen LogP contribution < -0.4 is 14.8 Å². The fourth-order valence-corrected chi connectivity index (χ4v) is 3.53. The largest absolute Gasteiger partial charge is 0.496 e. The molecule has 0 fully saturated rings. The van der Waals surface area contributed by atoms with E-state index in [9.17, 15) is 8.42 Å². The van der Waals surface area contributed by atoms with Crippen LogP contribution in [-0.4, -0.2) is 27.6 Å². The van der Waals surface area contributed by atoms with Crippen LogP contribution in [0, 0.1) is 6.92 Å². The Balaban J connectivity index is 2.12. The molecule has 0 aliphatic heterocycles. The maximum Gasteiger partial charge on any atom is 0.240 e. The first-order valence-electron chi connectivity index (χ1n) is 6.22. The van der Waals surface area contributed by atoms with E-state index in [0.717, 1.165) is 10.7 Å². The maximum atomic E-state index is 12.2. The molecule has 0 amide bonds. The highest BCUT2D eigenvalue weighted by Gasteiger charge is 2.15. The summed E-state index contributed by atoms with van der Waals surface area (Å²) in [4.78, 5) is 4.44. The van der Waals surface area contributed by atoms with Crippen molar-refractivity contribution in [3.8, 4) is 5.75 Å². The van der Waals surface area contributed by atoms with Gasteiger partial charge in [-0.3, -0.25) is 0 Å². The first-order chi connectivity index (χ1) is 9.96. The highest BCUT2D eigenvalue weighted by Crippen LogP contribution is 2.21. The van der Waals surface area contributed by atoms with Crippen molar-refractivity contribution in [2.45, 2.75) is 18.4 Å². The predicted molar refractivity (Wildman–Crippen MR) is 83.4 cm³/mol. The van der Waals surface area contributed by atoms with Crippen LogP contribution in [0.15, 0.2) is 28.5 Å². The summed E-state index contributed by atoms with van der Waals surface area (Å²) in [5.41, 5.74) is 1.45. The van der Waals surface area contributed by atoms with Gasteiger partial charge in [-0.05, 0) is 30.7 Å². The molecular formula is C13H17N3O3S2. The van der Waals surface area contributed by atoms with Crippen LogP contribution in [0.3, 0.4) is 0 Å². The van der Waals surface area contributed by atoms with E-state index < -0.39 is 10.0 Å². The number of rotatable bonds is 6. The van der Waals surface area contributed by atoms with E-state index in [0.29, 0.717) is 11.4 Å². The van der Waals surface area contributed by atoms with Crippen LogP contribution in [0.5, 0.6) is 5.75 Å². The Morgan fingerprint density at radius 3 is 2.71 bits per heavy atom. The van der Waals surface area contributed by atoms with Crippen LogP contribution in [0.4, 0.5) is 5.13 Å². The summed E-state index contributed by atoms with van der Waals surface area (Å²) in [5.74, 6) is 0.659. The monoisotopic (exact) mass is 327 g/mol. The number of methoxy groups -OCH3 is 1. The number of aryl methyl sites for hydroxylation is 1. The van der Waals surface area contributed by atoms with Crippen LogP contribution in [0.1, 0.15) is 11.3 Å². The van der Waals surface area contributed by atoms with E-state index in [1.807, 2.05) is 5.38 Å². The summed E-state index contributed by atoms with van der Waals surface area (Å²) in [6, 6.07) is 4.75. The number of sulfonamides is 1. The first-order valence-corrected chi connectivity index (χ1v) is 8.59. The Kier molecular flexibility index (Phi) is 4.81. The third-order valence-electron chi connectivity index (χ3n) is 2.89. The van der Waals surface area contributed by atoms with Gasteiger partial charge in [-0.25, -0.2) is 18.1 Å². The molecule has 2 rings (SSSR count). The first kappa shape index (κ1) is 15.7. The summed E-state index contributed by atoms with van der Waals surface area (Å²) in [5, 5.41) is 5.48. The number of nitrogens with one attached hydrogen (secondary N) is 2. The van der Waals surface area contributed by atoms with E-state index in [2.05, 4.69) is 15.0 Å². The number of aromatic nitrogens is 1. The smallest absolute Gasteiger partial charge is 0.240 e. The number of anilines is 1. The number of benzene rings is 1. The molecule has 8 heteroatoms. The average molecular weight is 327 g/mol. The quantitative estimate of drug-likeness (QED) is 0.848. The lowest BCUT2D eigenvalue weighted by atomic mass is 10.2. The second-order valence-electron chi connectivity index (χ2n) is 4.35. The second-order valence-corrected chi connectivity index (χ2v) is 6.98. The molecule has 0 unspecified atom stereocenters. The third-order valence-corrected chi connectivity index (χ3v) is 5.19. The van der Waals surface area contributed by atoms with Crippen molar-refractivity contribution in [3.63, 3.8) is 0 Å². The van der Waals surface area contributed by atoms with Crippen molar-refractivity contribution < 1.29 is 13.2 Å². The molecule has 0 atom stereocenters. The lowest BCUT2D eigenvalue weighted by Gasteiger charge is -2.09. The average Bonchev–Trinajstić information content (AvgIpc) is 2.93. The predicted octanol–water partition coefficient (Wildman–Crippen LogP) is 1.98. The lowest BCUT2D eigenvalue weighted by Crippen LogP contribution is -2.23. The topological polar surface area (TPSA) is 80.3 Å². The highest BCUT2D eigenvalue weighted by atomic mass is 32.2. The zero-order valence-electron chi connectivity index (χ0n) is 12.0. The molecular weight excluding hydrogens is 310 g/mol. The van der Waals surface area contributed by atoms with Crippen molar-refractivity contribution in [1.82, 2.24) is 9.71 Å². The van der Waals surface area contributed by atoms with Gasteiger partial charge in [0.2, 0.25) is 10.0 Å². The van der Waals surface area contributed by atoms with Gasteiger partial charge in [0.25, 0.3) is 0 Å². The molecule has 0 spiro atoms. The SMILES string of the molecule is CNc1nc(CNS(=O)(=O)c2ccc(OC)c(C)c2)cs1. The van der Waals surface area contributed by atoms with Crippen molar-refractivity contribution >= 4 is 26.5 Å². The van der Waals surface area contributed by atoms with Gasteiger partial charge in [0.05, 0.1) is 24.2 Å². The lowest BCUT2D eigenvalue weighted by molar-refractivity contribution is 0.411. The van der Waals surface area contributed by atoms with Crippen LogP contribution in [0.25, 0.3) is 0 Å². The van der Waals surface area contributed by atoms with E-state index in [1.54, 1.807) is 33.2 Å². The van der Waals surface area contributed by atoms with Gasteiger partial charge in [-0.1, -0.05) is 0 Å². The molecule has 21 heavy (non-hydrogen) atoms. The Labute approximate surface area is 128 Å². The summed E-state index contributed by atoms with van der Waals surface area (Å²) in [6.07, 6.45) is 0. The Hall–Kier alpha value is -1.64. The van der Waals surface area contributed by atoms with Gasteiger partial charge in [0.15, 0.2) is 5.13 Å². The molecule has 1 aromatic carbocycles. The Morgan fingerprint density at radius 2 is 2.14 bits per heavy atom. The molecule has 6 nitrogen and oxygen atoms in total. The fourth-order valence-electron chi connectivity index (χ4n) is 1.77. The minimum absolute atomic E-state index is 0.158. The summed E-state index contributed by atoms with van der Waals surface area (Å²) < 4.78 is 32.2. The number of nitrogens with zero attached hydrogens (tertiary/aromatic N) is 1. The van der Waals surface area contributed by atoms with Crippen molar-refractivity contribution in [1.29, 1.82) is 0 Å².